The predicted octanol–water partition coefficient (Wildman–Crippen LogP) is 2.84. The molecule has 102 valence electrons. The Hall–Kier alpha value is -1.39. The second-order valence-corrected chi connectivity index (χ2v) is 4.71. The van der Waals surface area contributed by atoms with Crippen molar-refractivity contribution in [2.45, 2.75) is 31.7 Å². The van der Waals surface area contributed by atoms with E-state index < -0.39 is 0 Å². The summed E-state index contributed by atoms with van der Waals surface area (Å²) in [6.07, 6.45) is 4.53. The van der Waals surface area contributed by atoms with Gasteiger partial charge in [-0.3, -0.25) is 0 Å². The van der Waals surface area contributed by atoms with Gasteiger partial charge in [0.1, 0.15) is 0 Å². The second kappa shape index (κ2) is 6.68. The van der Waals surface area contributed by atoms with Crippen molar-refractivity contribution in [1.82, 2.24) is 15.5 Å². The van der Waals surface area contributed by atoms with Gasteiger partial charge in [0.25, 0.3) is 5.89 Å². The third-order valence-electron chi connectivity index (χ3n) is 3.37. The summed E-state index contributed by atoms with van der Waals surface area (Å²) in [7, 11) is 0. The molecule has 5 heteroatoms. The molecule has 1 unspecified atom stereocenters. The van der Waals surface area contributed by atoms with Crippen LogP contribution >= 0.6 is 12.4 Å². The Morgan fingerprint density at radius 3 is 2.84 bits per heavy atom. The zero-order chi connectivity index (χ0) is 12.2. The van der Waals surface area contributed by atoms with Crippen molar-refractivity contribution in [1.29, 1.82) is 0 Å². The quantitative estimate of drug-likeness (QED) is 0.935. The molecule has 0 radical (unpaired) electrons. The molecule has 0 amide bonds. The summed E-state index contributed by atoms with van der Waals surface area (Å²) in [5, 5.41) is 7.52. The number of aromatic nitrogens is 2. The van der Waals surface area contributed by atoms with Crippen molar-refractivity contribution in [2.75, 3.05) is 6.54 Å². The molecule has 1 atom stereocenters. The molecule has 1 aliphatic rings. The Labute approximate surface area is 119 Å². The standard InChI is InChI=1S/C14H17N3O.ClH/c1-2-5-11(6-3-1)14-16-13(17-18-14)9-8-12-7-4-10-15-12;/h1-3,5-6,12,15H,4,7-10H2;1H. The van der Waals surface area contributed by atoms with E-state index >= 15 is 0 Å². The molecule has 1 N–H and O–H groups in total. The van der Waals surface area contributed by atoms with Gasteiger partial charge in [-0.25, -0.2) is 0 Å². The largest absolute Gasteiger partial charge is 0.334 e. The minimum atomic E-state index is 0. The fourth-order valence-electron chi connectivity index (χ4n) is 2.36. The number of nitrogens with one attached hydrogen (secondary N) is 1. The summed E-state index contributed by atoms with van der Waals surface area (Å²) in [4.78, 5) is 4.44. The number of benzene rings is 1. The molecule has 0 spiro atoms. The van der Waals surface area contributed by atoms with Gasteiger partial charge in [-0.05, 0) is 37.9 Å². The van der Waals surface area contributed by atoms with E-state index in [0.717, 1.165) is 30.8 Å². The SMILES string of the molecule is Cl.c1ccc(-c2nc(CCC3CCCN3)no2)cc1. The lowest BCUT2D eigenvalue weighted by Crippen LogP contribution is -2.21. The molecule has 2 aromatic rings. The Morgan fingerprint density at radius 2 is 2.11 bits per heavy atom. The number of rotatable bonds is 4. The van der Waals surface area contributed by atoms with E-state index in [4.69, 9.17) is 4.52 Å². The molecule has 4 nitrogen and oxygen atoms in total. The fourth-order valence-corrected chi connectivity index (χ4v) is 2.36. The van der Waals surface area contributed by atoms with Crippen LogP contribution in [0.5, 0.6) is 0 Å². The van der Waals surface area contributed by atoms with E-state index in [1.165, 1.54) is 12.8 Å². The fraction of sp³-hybridized carbons (Fsp3) is 0.429. The molecule has 1 saturated heterocycles. The number of hydrogen-bond donors (Lipinski definition) is 1. The van der Waals surface area contributed by atoms with E-state index in [0.29, 0.717) is 11.9 Å². The lowest BCUT2D eigenvalue weighted by Gasteiger charge is -2.06. The summed E-state index contributed by atoms with van der Waals surface area (Å²) in [6.45, 7) is 1.15. The van der Waals surface area contributed by atoms with Gasteiger partial charge >= 0.3 is 0 Å². The lowest BCUT2D eigenvalue weighted by molar-refractivity contribution is 0.419. The van der Waals surface area contributed by atoms with Crippen molar-refractivity contribution in [2.24, 2.45) is 0 Å². The summed E-state index contributed by atoms with van der Waals surface area (Å²) in [5.74, 6) is 1.42. The van der Waals surface area contributed by atoms with Gasteiger partial charge in [0.15, 0.2) is 5.82 Å². The van der Waals surface area contributed by atoms with Crippen LogP contribution in [0.3, 0.4) is 0 Å². The maximum Gasteiger partial charge on any atom is 0.257 e. The number of aryl methyl sites for hydroxylation is 1. The molecular weight excluding hydrogens is 262 g/mol. The first-order chi connectivity index (χ1) is 8.92. The van der Waals surface area contributed by atoms with Crippen LogP contribution in [0.15, 0.2) is 34.9 Å². The zero-order valence-electron chi connectivity index (χ0n) is 10.7. The van der Waals surface area contributed by atoms with E-state index in [1.807, 2.05) is 30.3 Å². The average molecular weight is 280 g/mol. The van der Waals surface area contributed by atoms with Crippen LogP contribution in [-0.4, -0.2) is 22.7 Å². The van der Waals surface area contributed by atoms with Crippen molar-refractivity contribution < 1.29 is 4.52 Å². The van der Waals surface area contributed by atoms with Crippen LogP contribution in [0.25, 0.3) is 11.5 Å². The highest BCUT2D eigenvalue weighted by Crippen LogP contribution is 2.17. The summed E-state index contributed by atoms with van der Waals surface area (Å²) in [5.41, 5.74) is 0.982. The molecule has 0 aliphatic carbocycles. The number of hydrogen-bond acceptors (Lipinski definition) is 4. The monoisotopic (exact) mass is 279 g/mol. The maximum atomic E-state index is 5.28. The minimum absolute atomic E-state index is 0. The van der Waals surface area contributed by atoms with Gasteiger partial charge in [0, 0.05) is 18.0 Å². The average Bonchev–Trinajstić information content (AvgIpc) is 3.09. The van der Waals surface area contributed by atoms with E-state index in [1.54, 1.807) is 0 Å². The van der Waals surface area contributed by atoms with Gasteiger partial charge in [0.2, 0.25) is 0 Å². The Balaban J connectivity index is 0.00000133. The first kappa shape index (κ1) is 14.0. The molecule has 19 heavy (non-hydrogen) atoms. The van der Waals surface area contributed by atoms with Crippen LogP contribution in [0, 0.1) is 0 Å². The van der Waals surface area contributed by atoms with Crippen LogP contribution in [0.1, 0.15) is 25.1 Å². The number of nitrogens with zero attached hydrogens (tertiary/aromatic N) is 2. The van der Waals surface area contributed by atoms with Crippen LogP contribution in [0.2, 0.25) is 0 Å². The van der Waals surface area contributed by atoms with Crippen molar-refractivity contribution in [3.05, 3.63) is 36.2 Å². The first-order valence-corrected chi connectivity index (χ1v) is 6.53. The van der Waals surface area contributed by atoms with Crippen LogP contribution < -0.4 is 5.32 Å². The topological polar surface area (TPSA) is 51.0 Å². The van der Waals surface area contributed by atoms with Crippen molar-refractivity contribution >= 4 is 12.4 Å². The van der Waals surface area contributed by atoms with E-state index in [-0.39, 0.29) is 12.4 Å². The van der Waals surface area contributed by atoms with Crippen molar-refractivity contribution in [3.63, 3.8) is 0 Å². The van der Waals surface area contributed by atoms with E-state index in [9.17, 15) is 0 Å². The molecule has 2 heterocycles. The van der Waals surface area contributed by atoms with E-state index in [2.05, 4.69) is 15.5 Å². The van der Waals surface area contributed by atoms with Gasteiger partial charge in [-0.15, -0.1) is 12.4 Å². The van der Waals surface area contributed by atoms with Gasteiger partial charge < -0.3 is 9.84 Å². The van der Waals surface area contributed by atoms with Crippen LogP contribution in [-0.2, 0) is 6.42 Å². The second-order valence-electron chi connectivity index (χ2n) is 4.71. The van der Waals surface area contributed by atoms with Crippen molar-refractivity contribution in [3.8, 4) is 11.5 Å². The zero-order valence-corrected chi connectivity index (χ0v) is 11.5. The predicted molar refractivity (Wildman–Crippen MR) is 76.3 cm³/mol. The van der Waals surface area contributed by atoms with Gasteiger partial charge in [-0.1, -0.05) is 23.4 Å². The summed E-state index contributed by atoms with van der Waals surface area (Å²) < 4.78 is 5.28. The highest BCUT2D eigenvalue weighted by molar-refractivity contribution is 5.85. The third-order valence-corrected chi connectivity index (χ3v) is 3.37. The molecule has 1 aliphatic heterocycles. The molecule has 1 fully saturated rings. The highest BCUT2D eigenvalue weighted by atomic mass is 35.5. The summed E-state index contributed by atoms with van der Waals surface area (Å²) in [6, 6.07) is 10.5. The smallest absolute Gasteiger partial charge is 0.257 e. The van der Waals surface area contributed by atoms with Gasteiger partial charge in [0.05, 0.1) is 0 Å². The maximum absolute atomic E-state index is 5.28. The first-order valence-electron chi connectivity index (χ1n) is 6.53. The minimum Gasteiger partial charge on any atom is -0.334 e. The van der Waals surface area contributed by atoms with Crippen LogP contribution in [0.4, 0.5) is 0 Å². The molecule has 0 saturated carbocycles. The third kappa shape index (κ3) is 3.55. The summed E-state index contributed by atoms with van der Waals surface area (Å²) >= 11 is 0. The normalized spacial score (nSPS) is 18.2. The number of halogens is 1. The molecule has 1 aromatic carbocycles. The molecule has 0 bridgehead atoms. The Morgan fingerprint density at radius 1 is 1.26 bits per heavy atom. The molecule has 3 rings (SSSR count). The highest BCUT2D eigenvalue weighted by Gasteiger charge is 2.15. The Kier molecular flexibility index (Phi) is 4.93. The molecular formula is C14H18ClN3O. The lowest BCUT2D eigenvalue weighted by atomic mass is 10.1. The molecule has 1 aromatic heterocycles. The Bertz CT molecular complexity index is 494. The van der Waals surface area contributed by atoms with Gasteiger partial charge in [-0.2, -0.15) is 4.98 Å².